The molecule has 1 aromatic carbocycles. The summed E-state index contributed by atoms with van der Waals surface area (Å²) in [5.41, 5.74) is 4.11. The number of hydrogen-bond acceptors (Lipinski definition) is 1. The van der Waals surface area contributed by atoms with Crippen molar-refractivity contribution in [3.63, 3.8) is 0 Å². The lowest BCUT2D eigenvalue weighted by molar-refractivity contribution is 0.657. The van der Waals surface area contributed by atoms with Gasteiger partial charge in [-0.25, -0.2) is 0 Å². The molecule has 1 N–H and O–H groups in total. The Morgan fingerprint density at radius 2 is 2.12 bits per heavy atom. The molecule has 2 rings (SSSR count). The quantitative estimate of drug-likeness (QED) is 0.833. The highest BCUT2D eigenvalue weighted by Gasteiger charge is 2.12. The van der Waals surface area contributed by atoms with Crippen molar-refractivity contribution in [3.05, 3.63) is 35.5 Å². The Balaban J connectivity index is 2.72. The van der Waals surface area contributed by atoms with Crippen molar-refractivity contribution in [2.24, 2.45) is 0 Å². The summed E-state index contributed by atoms with van der Waals surface area (Å²) < 4.78 is 2.32. The molecule has 0 saturated heterocycles. The van der Waals surface area contributed by atoms with Crippen molar-refractivity contribution in [2.45, 2.75) is 33.4 Å². The Morgan fingerprint density at radius 3 is 2.75 bits per heavy atom. The number of rotatable bonds is 3. The van der Waals surface area contributed by atoms with Crippen LogP contribution in [0.25, 0.3) is 10.9 Å². The maximum atomic E-state index is 3.32. The zero-order valence-electron chi connectivity index (χ0n) is 10.5. The fourth-order valence-corrected chi connectivity index (χ4v) is 2.37. The largest absolute Gasteiger partial charge is 0.347 e. The smallest absolute Gasteiger partial charge is 0.0486 e. The van der Waals surface area contributed by atoms with E-state index in [0.29, 0.717) is 6.04 Å². The van der Waals surface area contributed by atoms with Crippen LogP contribution in [-0.4, -0.2) is 11.6 Å². The van der Waals surface area contributed by atoms with Gasteiger partial charge in [0.05, 0.1) is 0 Å². The average molecular weight is 216 g/mol. The zero-order chi connectivity index (χ0) is 11.7. The summed E-state index contributed by atoms with van der Waals surface area (Å²) in [6.07, 6.45) is 2.25. The standard InChI is InChI=1S/C14H20N2/c1-5-16-9-10(2)14-12(11(3)15-4)7-6-8-13(14)16/h6-9,11,15H,5H2,1-4H3. The monoisotopic (exact) mass is 216 g/mol. The van der Waals surface area contributed by atoms with E-state index < -0.39 is 0 Å². The Labute approximate surface area is 97.3 Å². The highest BCUT2D eigenvalue weighted by atomic mass is 14.9. The van der Waals surface area contributed by atoms with E-state index in [1.165, 1.54) is 22.0 Å². The predicted octanol–water partition coefficient (Wildman–Crippen LogP) is 3.25. The molecule has 86 valence electrons. The van der Waals surface area contributed by atoms with Crippen molar-refractivity contribution in [1.29, 1.82) is 0 Å². The Bertz CT molecular complexity index is 497. The lowest BCUT2D eigenvalue weighted by Gasteiger charge is -2.13. The van der Waals surface area contributed by atoms with Gasteiger partial charge in [-0.2, -0.15) is 0 Å². The summed E-state index contributed by atoms with van der Waals surface area (Å²) in [5, 5.41) is 4.73. The number of benzene rings is 1. The van der Waals surface area contributed by atoms with Crippen LogP contribution in [0.1, 0.15) is 31.0 Å². The summed E-state index contributed by atoms with van der Waals surface area (Å²) >= 11 is 0. The Hall–Kier alpha value is -1.28. The normalized spacial score (nSPS) is 13.2. The molecule has 2 heteroatoms. The fourth-order valence-electron chi connectivity index (χ4n) is 2.37. The highest BCUT2D eigenvalue weighted by molar-refractivity contribution is 5.87. The van der Waals surface area contributed by atoms with Gasteiger partial charge in [0.1, 0.15) is 0 Å². The molecule has 1 unspecified atom stereocenters. The van der Waals surface area contributed by atoms with Gasteiger partial charge in [0, 0.05) is 29.7 Å². The van der Waals surface area contributed by atoms with Gasteiger partial charge in [0.15, 0.2) is 0 Å². The molecular weight excluding hydrogens is 196 g/mol. The third kappa shape index (κ3) is 1.63. The molecular formula is C14H20N2. The van der Waals surface area contributed by atoms with Crippen molar-refractivity contribution in [3.8, 4) is 0 Å². The van der Waals surface area contributed by atoms with Crippen molar-refractivity contribution >= 4 is 10.9 Å². The summed E-state index contributed by atoms with van der Waals surface area (Å²) in [6.45, 7) is 7.62. The first-order valence-electron chi connectivity index (χ1n) is 5.94. The predicted molar refractivity (Wildman–Crippen MR) is 69.8 cm³/mol. The number of fused-ring (bicyclic) bond motifs is 1. The lowest BCUT2D eigenvalue weighted by atomic mass is 10.0. The minimum Gasteiger partial charge on any atom is -0.347 e. The number of nitrogens with zero attached hydrogens (tertiary/aromatic N) is 1. The molecule has 0 fully saturated rings. The van der Waals surface area contributed by atoms with Gasteiger partial charge in [0.2, 0.25) is 0 Å². The van der Waals surface area contributed by atoms with Gasteiger partial charge in [-0.1, -0.05) is 12.1 Å². The first-order valence-corrected chi connectivity index (χ1v) is 5.94. The molecule has 16 heavy (non-hydrogen) atoms. The van der Waals surface area contributed by atoms with Crippen LogP contribution in [0, 0.1) is 6.92 Å². The van der Waals surface area contributed by atoms with Crippen LogP contribution in [0.2, 0.25) is 0 Å². The molecule has 1 atom stereocenters. The van der Waals surface area contributed by atoms with Crippen LogP contribution in [0.3, 0.4) is 0 Å². The van der Waals surface area contributed by atoms with Crippen LogP contribution >= 0.6 is 0 Å². The van der Waals surface area contributed by atoms with Crippen LogP contribution in [0.4, 0.5) is 0 Å². The SMILES string of the molecule is CCn1cc(C)c2c(C(C)NC)cccc21. The molecule has 0 bridgehead atoms. The summed E-state index contributed by atoms with van der Waals surface area (Å²) in [7, 11) is 2.01. The average Bonchev–Trinajstić information content (AvgIpc) is 2.65. The van der Waals surface area contributed by atoms with Gasteiger partial charge in [-0.3, -0.25) is 0 Å². The van der Waals surface area contributed by atoms with Gasteiger partial charge in [0.25, 0.3) is 0 Å². The molecule has 1 heterocycles. The summed E-state index contributed by atoms with van der Waals surface area (Å²) in [4.78, 5) is 0. The molecule has 0 aliphatic rings. The van der Waals surface area contributed by atoms with E-state index in [1.54, 1.807) is 0 Å². The van der Waals surface area contributed by atoms with E-state index in [2.05, 4.69) is 55.1 Å². The fraction of sp³-hybridized carbons (Fsp3) is 0.429. The number of aromatic nitrogens is 1. The number of aryl methyl sites for hydroxylation is 2. The summed E-state index contributed by atoms with van der Waals surface area (Å²) in [6, 6.07) is 6.97. The topological polar surface area (TPSA) is 17.0 Å². The molecule has 0 saturated carbocycles. The first kappa shape index (κ1) is 11.2. The van der Waals surface area contributed by atoms with E-state index in [0.717, 1.165) is 6.54 Å². The molecule has 0 spiro atoms. The van der Waals surface area contributed by atoms with Crippen LogP contribution in [-0.2, 0) is 6.54 Å². The molecule has 0 radical (unpaired) electrons. The van der Waals surface area contributed by atoms with Crippen LogP contribution in [0.5, 0.6) is 0 Å². The highest BCUT2D eigenvalue weighted by Crippen LogP contribution is 2.28. The van der Waals surface area contributed by atoms with Crippen molar-refractivity contribution in [1.82, 2.24) is 9.88 Å². The molecule has 0 aliphatic carbocycles. The maximum absolute atomic E-state index is 3.32. The van der Waals surface area contributed by atoms with Gasteiger partial charge in [-0.15, -0.1) is 0 Å². The third-order valence-electron chi connectivity index (χ3n) is 3.37. The zero-order valence-corrected chi connectivity index (χ0v) is 10.5. The molecule has 2 aromatic rings. The minimum absolute atomic E-state index is 0.398. The first-order chi connectivity index (χ1) is 7.69. The van der Waals surface area contributed by atoms with Crippen molar-refractivity contribution < 1.29 is 0 Å². The van der Waals surface area contributed by atoms with Crippen molar-refractivity contribution in [2.75, 3.05) is 7.05 Å². The van der Waals surface area contributed by atoms with E-state index in [-0.39, 0.29) is 0 Å². The van der Waals surface area contributed by atoms with Gasteiger partial charge < -0.3 is 9.88 Å². The third-order valence-corrected chi connectivity index (χ3v) is 3.37. The molecule has 0 amide bonds. The van der Waals surface area contributed by atoms with E-state index >= 15 is 0 Å². The van der Waals surface area contributed by atoms with E-state index in [9.17, 15) is 0 Å². The second-order valence-electron chi connectivity index (χ2n) is 4.35. The van der Waals surface area contributed by atoms with Gasteiger partial charge in [-0.05, 0) is 45.0 Å². The molecule has 0 aliphatic heterocycles. The number of hydrogen-bond donors (Lipinski definition) is 1. The number of nitrogens with one attached hydrogen (secondary N) is 1. The lowest BCUT2D eigenvalue weighted by Crippen LogP contribution is -2.12. The molecule has 2 nitrogen and oxygen atoms in total. The van der Waals surface area contributed by atoms with Gasteiger partial charge >= 0.3 is 0 Å². The van der Waals surface area contributed by atoms with E-state index in [4.69, 9.17) is 0 Å². The van der Waals surface area contributed by atoms with Crippen LogP contribution < -0.4 is 5.32 Å². The van der Waals surface area contributed by atoms with Crippen LogP contribution in [0.15, 0.2) is 24.4 Å². The minimum atomic E-state index is 0.398. The summed E-state index contributed by atoms with van der Waals surface area (Å²) in [5.74, 6) is 0. The van der Waals surface area contributed by atoms with E-state index in [1.807, 2.05) is 7.05 Å². The molecule has 1 aromatic heterocycles. The maximum Gasteiger partial charge on any atom is 0.0486 e. The Kier molecular flexibility index (Phi) is 3.01. The second kappa shape index (κ2) is 4.30. The second-order valence-corrected chi connectivity index (χ2v) is 4.35. The Morgan fingerprint density at radius 1 is 1.38 bits per heavy atom.